The van der Waals surface area contributed by atoms with Gasteiger partial charge in [-0.1, -0.05) is 6.92 Å². The molecule has 7 heteroatoms. The quantitative estimate of drug-likeness (QED) is 0.500. The Morgan fingerprint density at radius 1 is 1.52 bits per heavy atom. The molecule has 2 rings (SSSR count). The number of rotatable bonds is 7. The second-order valence-corrected chi connectivity index (χ2v) is 5.31. The summed E-state index contributed by atoms with van der Waals surface area (Å²) in [6.07, 6.45) is 1.60. The van der Waals surface area contributed by atoms with Crippen LogP contribution in [0.5, 0.6) is 0 Å². The zero-order valence-electron chi connectivity index (χ0n) is 12.3. The van der Waals surface area contributed by atoms with Crippen molar-refractivity contribution in [2.45, 2.75) is 31.9 Å². The highest BCUT2D eigenvalue weighted by Crippen LogP contribution is 2.28. The van der Waals surface area contributed by atoms with Crippen LogP contribution in [-0.2, 0) is 10.3 Å². The van der Waals surface area contributed by atoms with Gasteiger partial charge in [0, 0.05) is 6.54 Å². The lowest BCUT2D eigenvalue weighted by Crippen LogP contribution is -2.43. The average molecular weight is 295 g/mol. The molecule has 2 unspecified atom stereocenters. The number of amides is 3. The summed E-state index contributed by atoms with van der Waals surface area (Å²) < 4.78 is 5.23. The second-order valence-electron chi connectivity index (χ2n) is 5.31. The fourth-order valence-corrected chi connectivity index (χ4v) is 2.31. The van der Waals surface area contributed by atoms with E-state index in [0.717, 1.165) is 17.9 Å². The van der Waals surface area contributed by atoms with E-state index in [1.165, 1.54) is 6.26 Å². The molecule has 0 aliphatic carbocycles. The first kappa shape index (κ1) is 15.5. The molecular weight excluding hydrogens is 274 g/mol. The number of urea groups is 1. The minimum atomic E-state index is -1.21. The largest absolute Gasteiger partial charge is 0.466 e. The van der Waals surface area contributed by atoms with Gasteiger partial charge in [0.05, 0.1) is 18.9 Å². The molecule has 1 aliphatic heterocycles. The van der Waals surface area contributed by atoms with E-state index in [0.29, 0.717) is 12.3 Å². The van der Waals surface area contributed by atoms with Gasteiger partial charge < -0.3 is 20.2 Å². The highest BCUT2D eigenvalue weighted by molar-refractivity contribution is 6.06. The van der Waals surface area contributed by atoms with Crippen molar-refractivity contribution in [3.05, 3.63) is 24.2 Å². The third-order valence-corrected chi connectivity index (χ3v) is 3.49. The lowest BCUT2D eigenvalue weighted by Gasteiger charge is -2.20. The van der Waals surface area contributed by atoms with Crippen LogP contribution < -0.4 is 10.6 Å². The predicted octanol–water partition coefficient (Wildman–Crippen LogP) is 0.407. The van der Waals surface area contributed by atoms with E-state index in [1.54, 1.807) is 19.1 Å². The third kappa shape index (κ3) is 3.08. The molecular formula is C14H21N3O4. The van der Waals surface area contributed by atoms with Gasteiger partial charge in [-0.25, -0.2) is 4.79 Å². The number of hydrogen-bond acceptors (Lipinski definition) is 5. The first-order valence-corrected chi connectivity index (χ1v) is 7.06. The van der Waals surface area contributed by atoms with E-state index in [1.807, 2.05) is 6.92 Å². The van der Waals surface area contributed by atoms with Crippen molar-refractivity contribution in [3.8, 4) is 0 Å². The lowest BCUT2D eigenvalue weighted by molar-refractivity contribution is -0.132. The highest BCUT2D eigenvalue weighted by Gasteiger charge is 2.51. The van der Waals surface area contributed by atoms with Gasteiger partial charge in [0.2, 0.25) is 0 Å². The summed E-state index contributed by atoms with van der Waals surface area (Å²) in [4.78, 5) is 25.5. The lowest BCUT2D eigenvalue weighted by atomic mass is 9.99. The Hall–Kier alpha value is -1.86. The van der Waals surface area contributed by atoms with Gasteiger partial charge in [0.1, 0.15) is 5.76 Å². The maximum atomic E-state index is 12.5. The van der Waals surface area contributed by atoms with Crippen LogP contribution in [0.4, 0.5) is 4.79 Å². The van der Waals surface area contributed by atoms with Crippen LogP contribution in [0.25, 0.3) is 0 Å². The Kier molecular flexibility index (Phi) is 4.64. The van der Waals surface area contributed by atoms with Crippen molar-refractivity contribution in [1.29, 1.82) is 0 Å². The number of carbonyl (C=O) groups excluding carboxylic acids is 2. The summed E-state index contributed by atoms with van der Waals surface area (Å²) in [5, 5.41) is 15.6. The van der Waals surface area contributed by atoms with Crippen LogP contribution in [-0.4, -0.2) is 47.7 Å². The highest BCUT2D eigenvalue weighted by atomic mass is 16.3. The van der Waals surface area contributed by atoms with E-state index in [2.05, 4.69) is 10.6 Å². The van der Waals surface area contributed by atoms with E-state index < -0.39 is 23.6 Å². The minimum Gasteiger partial charge on any atom is -0.466 e. The number of furan rings is 1. The number of aliphatic hydroxyl groups excluding tert-OH is 1. The Labute approximate surface area is 123 Å². The molecule has 2 heterocycles. The normalized spacial score (nSPS) is 23.5. The predicted molar refractivity (Wildman–Crippen MR) is 75.5 cm³/mol. The number of nitrogens with one attached hydrogen (secondary N) is 2. The van der Waals surface area contributed by atoms with Crippen LogP contribution in [0.3, 0.4) is 0 Å². The number of aliphatic hydroxyl groups is 1. The molecule has 1 fully saturated rings. The average Bonchev–Trinajstić information content (AvgIpc) is 3.04. The molecule has 0 saturated carbocycles. The molecule has 0 spiro atoms. The van der Waals surface area contributed by atoms with E-state index in [9.17, 15) is 14.7 Å². The Balaban J connectivity index is 2.02. The zero-order chi connectivity index (χ0) is 15.5. The molecule has 1 aliphatic rings. The van der Waals surface area contributed by atoms with Crippen molar-refractivity contribution in [3.63, 3.8) is 0 Å². The molecule has 3 amide bonds. The van der Waals surface area contributed by atoms with Crippen LogP contribution in [0.15, 0.2) is 22.8 Å². The van der Waals surface area contributed by atoms with Gasteiger partial charge in [0.25, 0.3) is 5.91 Å². The topological polar surface area (TPSA) is 94.8 Å². The smallest absolute Gasteiger partial charge is 0.325 e. The van der Waals surface area contributed by atoms with Gasteiger partial charge in [-0.3, -0.25) is 9.69 Å². The maximum absolute atomic E-state index is 12.5. The summed E-state index contributed by atoms with van der Waals surface area (Å²) in [7, 11) is 0. The number of imide groups is 1. The summed E-state index contributed by atoms with van der Waals surface area (Å²) in [6.45, 7) is 4.68. The second kappa shape index (κ2) is 6.28. The fourth-order valence-electron chi connectivity index (χ4n) is 2.31. The van der Waals surface area contributed by atoms with Crippen molar-refractivity contribution in [1.82, 2.24) is 15.5 Å². The van der Waals surface area contributed by atoms with Crippen molar-refractivity contribution in [2.75, 3.05) is 19.6 Å². The number of β-amino-alcohol motifs (C(OH)–C–C–N with tert-alkyl or cyclic N) is 1. The summed E-state index contributed by atoms with van der Waals surface area (Å²) in [5.74, 6) is -0.0426. The summed E-state index contributed by atoms with van der Waals surface area (Å²) in [6, 6.07) is 2.78. The van der Waals surface area contributed by atoms with Gasteiger partial charge >= 0.3 is 6.03 Å². The first-order valence-electron chi connectivity index (χ1n) is 7.06. The Bertz CT molecular complexity index is 502. The number of hydrogen-bond donors (Lipinski definition) is 3. The van der Waals surface area contributed by atoms with Crippen molar-refractivity contribution >= 4 is 11.9 Å². The molecule has 116 valence electrons. The first-order chi connectivity index (χ1) is 9.99. The molecule has 1 saturated heterocycles. The monoisotopic (exact) mass is 295 g/mol. The molecule has 1 aromatic heterocycles. The Morgan fingerprint density at radius 2 is 2.29 bits per heavy atom. The van der Waals surface area contributed by atoms with E-state index in [4.69, 9.17) is 4.42 Å². The molecule has 0 radical (unpaired) electrons. The van der Waals surface area contributed by atoms with E-state index in [-0.39, 0.29) is 6.54 Å². The fraction of sp³-hybridized carbons (Fsp3) is 0.571. The van der Waals surface area contributed by atoms with Crippen molar-refractivity contribution in [2.24, 2.45) is 0 Å². The molecule has 3 N–H and O–H groups in total. The summed E-state index contributed by atoms with van der Waals surface area (Å²) in [5.41, 5.74) is -1.21. The van der Waals surface area contributed by atoms with Crippen LogP contribution in [0.2, 0.25) is 0 Å². The van der Waals surface area contributed by atoms with Gasteiger partial charge in [0.15, 0.2) is 5.54 Å². The molecule has 7 nitrogen and oxygen atoms in total. The molecule has 0 aromatic carbocycles. The minimum absolute atomic E-state index is 0.0440. The van der Waals surface area contributed by atoms with Crippen molar-refractivity contribution < 1.29 is 19.1 Å². The Morgan fingerprint density at radius 3 is 2.90 bits per heavy atom. The maximum Gasteiger partial charge on any atom is 0.325 e. The number of carbonyl (C=O) groups is 2. The number of nitrogens with zero attached hydrogens (tertiary/aromatic N) is 1. The molecule has 21 heavy (non-hydrogen) atoms. The third-order valence-electron chi connectivity index (χ3n) is 3.49. The standard InChI is InChI=1S/C14H21N3O4/c1-3-6-15-8-10(18)9-17-12(19)14(2,16-13(17)20)11-5-4-7-21-11/h4-5,7,10,15,18H,3,6,8-9H2,1-2H3,(H,16,20). The van der Waals surface area contributed by atoms with Gasteiger partial charge in [-0.05, 0) is 32.0 Å². The zero-order valence-corrected chi connectivity index (χ0v) is 12.3. The molecule has 0 bridgehead atoms. The van der Waals surface area contributed by atoms with Crippen LogP contribution >= 0.6 is 0 Å². The van der Waals surface area contributed by atoms with Gasteiger partial charge in [-0.15, -0.1) is 0 Å². The van der Waals surface area contributed by atoms with Crippen LogP contribution in [0.1, 0.15) is 26.0 Å². The molecule has 2 atom stereocenters. The van der Waals surface area contributed by atoms with E-state index >= 15 is 0 Å². The molecule has 1 aromatic rings. The van der Waals surface area contributed by atoms with Gasteiger partial charge in [-0.2, -0.15) is 0 Å². The SMILES string of the molecule is CCCNCC(O)CN1C(=O)NC(C)(c2ccco2)C1=O. The van der Waals surface area contributed by atoms with Crippen LogP contribution in [0, 0.1) is 0 Å². The summed E-state index contributed by atoms with van der Waals surface area (Å²) >= 11 is 0.